The Morgan fingerprint density at radius 3 is 2.73 bits per heavy atom. The van der Waals surface area contributed by atoms with Crippen molar-refractivity contribution < 1.29 is 14.7 Å². The number of aromatic carboxylic acids is 1. The molecule has 3 N–H and O–H groups in total. The summed E-state index contributed by atoms with van der Waals surface area (Å²) in [6, 6.07) is 12.4. The number of nitrogens with two attached hydrogens (primary N) is 1. The third-order valence-electron chi connectivity index (χ3n) is 3.41. The highest BCUT2D eigenvalue weighted by Crippen LogP contribution is 2.42. The number of allylic oxidation sites excluding steroid dienone is 1. The molecule has 0 radical (unpaired) electrons. The Morgan fingerprint density at radius 1 is 1.23 bits per heavy atom. The smallest absolute Gasteiger partial charge is 0.336 e. The molecule has 1 heterocycles. The lowest BCUT2D eigenvalue weighted by Gasteiger charge is -2.00. The van der Waals surface area contributed by atoms with E-state index in [4.69, 9.17) is 5.73 Å². The molecule has 0 aliphatic carbocycles. The molecule has 0 unspecified atom stereocenters. The summed E-state index contributed by atoms with van der Waals surface area (Å²) in [5, 5.41) is 9.22. The number of thioether (sulfide) groups is 1. The van der Waals surface area contributed by atoms with Crippen LogP contribution in [0.4, 0.5) is 0 Å². The SMILES string of the molecule is NCc1cccc(/C=C2\Sc3c(C(=O)O)cccc3C2=O)c1. The average molecular weight is 311 g/mol. The summed E-state index contributed by atoms with van der Waals surface area (Å²) in [6.45, 7) is 0.432. The molecule has 0 saturated heterocycles. The Bertz CT molecular complexity index is 811. The first kappa shape index (κ1) is 14.6. The van der Waals surface area contributed by atoms with Crippen LogP contribution in [0.25, 0.3) is 6.08 Å². The molecule has 0 amide bonds. The van der Waals surface area contributed by atoms with Gasteiger partial charge >= 0.3 is 5.97 Å². The predicted octanol–water partition coefficient (Wildman–Crippen LogP) is 3.17. The Labute approximate surface area is 131 Å². The zero-order valence-electron chi connectivity index (χ0n) is 11.6. The lowest BCUT2D eigenvalue weighted by atomic mass is 10.1. The number of benzene rings is 2. The van der Waals surface area contributed by atoms with Crippen molar-refractivity contribution in [3.63, 3.8) is 0 Å². The van der Waals surface area contributed by atoms with E-state index in [1.807, 2.05) is 24.3 Å². The number of hydrogen-bond acceptors (Lipinski definition) is 4. The molecule has 110 valence electrons. The highest BCUT2D eigenvalue weighted by atomic mass is 32.2. The maximum absolute atomic E-state index is 12.4. The fraction of sp³-hybridized carbons (Fsp3) is 0.0588. The van der Waals surface area contributed by atoms with Gasteiger partial charge in [0.2, 0.25) is 5.78 Å². The number of fused-ring (bicyclic) bond motifs is 1. The zero-order valence-corrected chi connectivity index (χ0v) is 12.4. The normalized spacial score (nSPS) is 15.1. The van der Waals surface area contributed by atoms with Crippen LogP contribution in [0.3, 0.4) is 0 Å². The summed E-state index contributed by atoms with van der Waals surface area (Å²) in [6.07, 6.45) is 1.78. The molecule has 0 spiro atoms. The van der Waals surface area contributed by atoms with Crippen molar-refractivity contribution >= 4 is 29.6 Å². The van der Waals surface area contributed by atoms with Crippen LogP contribution in [0.5, 0.6) is 0 Å². The van der Waals surface area contributed by atoms with Crippen molar-refractivity contribution in [1.29, 1.82) is 0 Å². The van der Waals surface area contributed by atoms with E-state index in [0.29, 0.717) is 21.9 Å². The number of carbonyl (C=O) groups is 2. The van der Waals surface area contributed by atoms with Crippen LogP contribution in [0.2, 0.25) is 0 Å². The molecule has 2 aromatic carbocycles. The summed E-state index contributed by atoms with van der Waals surface area (Å²) in [4.78, 5) is 24.7. The minimum atomic E-state index is -1.02. The highest BCUT2D eigenvalue weighted by molar-refractivity contribution is 8.05. The minimum Gasteiger partial charge on any atom is -0.478 e. The number of Topliss-reactive ketones (excluding diaryl/α,β-unsaturated/α-hetero) is 1. The van der Waals surface area contributed by atoms with Gasteiger partial charge in [-0.1, -0.05) is 42.1 Å². The number of rotatable bonds is 3. The lowest BCUT2D eigenvalue weighted by molar-refractivity contribution is 0.0693. The van der Waals surface area contributed by atoms with E-state index in [9.17, 15) is 14.7 Å². The summed E-state index contributed by atoms with van der Waals surface area (Å²) < 4.78 is 0. The first-order valence-corrected chi connectivity index (χ1v) is 7.51. The van der Waals surface area contributed by atoms with E-state index in [1.165, 1.54) is 17.8 Å². The molecule has 0 aromatic heterocycles. The van der Waals surface area contributed by atoms with Gasteiger partial charge < -0.3 is 10.8 Å². The molecule has 3 rings (SSSR count). The molecular weight excluding hydrogens is 298 g/mol. The van der Waals surface area contributed by atoms with E-state index < -0.39 is 5.97 Å². The largest absolute Gasteiger partial charge is 0.478 e. The van der Waals surface area contributed by atoms with Crippen LogP contribution in [-0.4, -0.2) is 16.9 Å². The van der Waals surface area contributed by atoms with Gasteiger partial charge in [-0.25, -0.2) is 4.79 Å². The van der Waals surface area contributed by atoms with Crippen molar-refractivity contribution in [1.82, 2.24) is 0 Å². The first-order valence-electron chi connectivity index (χ1n) is 6.69. The molecule has 2 aromatic rings. The van der Waals surface area contributed by atoms with Crippen LogP contribution in [0.15, 0.2) is 52.3 Å². The second-order valence-corrected chi connectivity index (χ2v) is 5.93. The topological polar surface area (TPSA) is 80.4 Å². The average Bonchev–Trinajstić information content (AvgIpc) is 2.84. The second-order valence-electron chi connectivity index (χ2n) is 4.88. The number of hydrogen-bond donors (Lipinski definition) is 2. The van der Waals surface area contributed by atoms with E-state index in [2.05, 4.69) is 0 Å². The Balaban J connectivity index is 2.01. The zero-order chi connectivity index (χ0) is 15.7. The number of carboxylic acids is 1. The van der Waals surface area contributed by atoms with Gasteiger partial charge in [0.15, 0.2) is 0 Å². The van der Waals surface area contributed by atoms with Gasteiger partial charge in [-0.15, -0.1) is 0 Å². The molecule has 1 aliphatic heterocycles. The summed E-state index contributed by atoms with van der Waals surface area (Å²) in [5.41, 5.74) is 8.09. The molecule has 1 aliphatic rings. The van der Waals surface area contributed by atoms with E-state index in [0.717, 1.165) is 11.1 Å². The third-order valence-corrected chi connectivity index (χ3v) is 4.58. The van der Waals surface area contributed by atoms with Gasteiger partial charge in [0.05, 0.1) is 10.5 Å². The molecule has 5 heteroatoms. The van der Waals surface area contributed by atoms with Gasteiger partial charge in [0.25, 0.3) is 0 Å². The monoisotopic (exact) mass is 311 g/mol. The van der Waals surface area contributed by atoms with Crippen molar-refractivity contribution in [2.45, 2.75) is 11.4 Å². The summed E-state index contributed by atoms with van der Waals surface area (Å²) >= 11 is 1.21. The van der Waals surface area contributed by atoms with Crippen LogP contribution >= 0.6 is 11.8 Å². The van der Waals surface area contributed by atoms with Crippen molar-refractivity contribution in [2.75, 3.05) is 0 Å². The molecule has 0 saturated carbocycles. The van der Waals surface area contributed by atoms with E-state index >= 15 is 0 Å². The van der Waals surface area contributed by atoms with Crippen LogP contribution in [0, 0.1) is 0 Å². The van der Waals surface area contributed by atoms with E-state index in [1.54, 1.807) is 18.2 Å². The van der Waals surface area contributed by atoms with Gasteiger partial charge in [0, 0.05) is 17.0 Å². The Morgan fingerprint density at radius 2 is 2.00 bits per heavy atom. The molecule has 0 atom stereocenters. The van der Waals surface area contributed by atoms with Gasteiger partial charge in [-0.05, 0) is 29.3 Å². The van der Waals surface area contributed by atoms with E-state index in [-0.39, 0.29) is 11.3 Å². The fourth-order valence-corrected chi connectivity index (χ4v) is 3.49. The molecule has 22 heavy (non-hydrogen) atoms. The maximum atomic E-state index is 12.4. The van der Waals surface area contributed by atoms with Crippen molar-refractivity contribution in [3.8, 4) is 0 Å². The predicted molar refractivity (Wildman–Crippen MR) is 85.9 cm³/mol. The van der Waals surface area contributed by atoms with Gasteiger partial charge in [-0.2, -0.15) is 0 Å². The van der Waals surface area contributed by atoms with Crippen LogP contribution in [-0.2, 0) is 6.54 Å². The molecular formula is C17H13NO3S. The second kappa shape index (κ2) is 5.79. The van der Waals surface area contributed by atoms with Crippen LogP contribution in [0.1, 0.15) is 31.8 Å². The summed E-state index contributed by atoms with van der Waals surface area (Å²) in [7, 11) is 0. The van der Waals surface area contributed by atoms with Gasteiger partial charge in [-0.3, -0.25) is 4.79 Å². The molecule has 4 nitrogen and oxygen atoms in total. The lowest BCUT2D eigenvalue weighted by Crippen LogP contribution is -2.00. The van der Waals surface area contributed by atoms with Crippen LogP contribution < -0.4 is 5.73 Å². The Hall–Kier alpha value is -2.37. The molecule has 0 bridgehead atoms. The third kappa shape index (κ3) is 2.56. The maximum Gasteiger partial charge on any atom is 0.336 e. The number of carboxylic acid groups (broad SMARTS) is 1. The Kier molecular flexibility index (Phi) is 3.83. The number of ketones is 1. The standard InChI is InChI=1S/C17H13NO3S/c18-9-11-4-1-3-10(7-11)8-14-15(19)12-5-2-6-13(17(20)21)16(12)22-14/h1-8H,9,18H2,(H,20,21)/b14-8-. The fourth-order valence-electron chi connectivity index (χ4n) is 2.34. The minimum absolute atomic E-state index is 0.138. The number of carbonyl (C=O) groups excluding carboxylic acids is 1. The van der Waals surface area contributed by atoms with Crippen molar-refractivity contribution in [2.24, 2.45) is 5.73 Å². The van der Waals surface area contributed by atoms with Crippen molar-refractivity contribution in [3.05, 3.63) is 69.6 Å². The van der Waals surface area contributed by atoms with Gasteiger partial charge in [0.1, 0.15) is 0 Å². The molecule has 0 fully saturated rings. The summed E-state index contributed by atoms with van der Waals surface area (Å²) in [5.74, 6) is -1.16. The quantitative estimate of drug-likeness (QED) is 0.851. The highest BCUT2D eigenvalue weighted by Gasteiger charge is 2.29. The first-order chi connectivity index (χ1) is 10.6.